The summed E-state index contributed by atoms with van der Waals surface area (Å²) in [5.74, 6) is -0.627. The molecule has 2 aromatic rings. The molecule has 2 rings (SSSR count). The molecule has 1 aromatic heterocycles. The number of nitrogen functional groups attached to an aromatic ring is 1. The number of nitrogens with two attached hydrogens (primary N) is 1. The molecule has 0 saturated heterocycles. The number of nitrogens with one attached hydrogen (secondary N) is 1. The first-order valence-electron chi connectivity index (χ1n) is 5.85. The van der Waals surface area contributed by atoms with Crippen LogP contribution in [0.1, 0.15) is 19.9 Å². The Morgan fingerprint density at radius 1 is 1.63 bits per heavy atom. The van der Waals surface area contributed by atoms with E-state index in [4.69, 9.17) is 17.3 Å². The zero-order valence-electron chi connectivity index (χ0n) is 10.6. The normalized spacial score (nSPS) is 12.6. The SMILES string of the molecule is CCNC(=O)C(C)n1c(N)nc2cc(Cl)c(F)cc21. The van der Waals surface area contributed by atoms with Crippen molar-refractivity contribution < 1.29 is 9.18 Å². The Bertz CT molecular complexity index is 640. The fraction of sp³-hybridized carbons (Fsp3) is 0.333. The lowest BCUT2D eigenvalue weighted by Gasteiger charge is -2.15. The first-order chi connectivity index (χ1) is 8.95. The number of hydrogen-bond donors (Lipinski definition) is 2. The average molecular weight is 285 g/mol. The van der Waals surface area contributed by atoms with Crippen molar-refractivity contribution in [3.05, 3.63) is 23.0 Å². The van der Waals surface area contributed by atoms with Gasteiger partial charge in [0.2, 0.25) is 11.9 Å². The topological polar surface area (TPSA) is 72.9 Å². The highest BCUT2D eigenvalue weighted by molar-refractivity contribution is 6.31. The van der Waals surface area contributed by atoms with E-state index in [9.17, 15) is 9.18 Å². The molecular weight excluding hydrogens is 271 g/mol. The number of anilines is 1. The summed E-state index contributed by atoms with van der Waals surface area (Å²) in [6.07, 6.45) is 0. The zero-order valence-corrected chi connectivity index (χ0v) is 11.3. The molecule has 5 nitrogen and oxygen atoms in total. The second-order valence-electron chi connectivity index (χ2n) is 4.17. The third kappa shape index (κ3) is 2.35. The van der Waals surface area contributed by atoms with E-state index in [1.54, 1.807) is 6.92 Å². The third-order valence-electron chi connectivity index (χ3n) is 2.88. The van der Waals surface area contributed by atoms with Crippen molar-refractivity contribution in [2.24, 2.45) is 0 Å². The largest absolute Gasteiger partial charge is 0.369 e. The van der Waals surface area contributed by atoms with Gasteiger partial charge in [0.25, 0.3) is 0 Å². The van der Waals surface area contributed by atoms with E-state index >= 15 is 0 Å². The average Bonchev–Trinajstić information content (AvgIpc) is 2.65. The first kappa shape index (κ1) is 13.6. The van der Waals surface area contributed by atoms with Crippen LogP contribution in [-0.4, -0.2) is 22.0 Å². The lowest BCUT2D eigenvalue weighted by molar-refractivity contribution is -0.123. The molecule has 19 heavy (non-hydrogen) atoms. The van der Waals surface area contributed by atoms with Crippen molar-refractivity contribution in [3.8, 4) is 0 Å². The van der Waals surface area contributed by atoms with Crippen molar-refractivity contribution >= 4 is 34.5 Å². The van der Waals surface area contributed by atoms with Crippen LogP contribution >= 0.6 is 11.6 Å². The summed E-state index contributed by atoms with van der Waals surface area (Å²) in [6, 6.07) is 2.05. The smallest absolute Gasteiger partial charge is 0.242 e. The minimum Gasteiger partial charge on any atom is -0.369 e. The number of rotatable bonds is 3. The van der Waals surface area contributed by atoms with Crippen LogP contribution in [0.4, 0.5) is 10.3 Å². The number of fused-ring (bicyclic) bond motifs is 1. The lowest BCUT2D eigenvalue weighted by Crippen LogP contribution is -2.31. The summed E-state index contributed by atoms with van der Waals surface area (Å²) < 4.78 is 15.0. The number of likely N-dealkylation sites (N-methyl/N-ethyl adjacent to an activating group) is 1. The molecule has 0 saturated carbocycles. The van der Waals surface area contributed by atoms with E-state index in [1.165, 1.54) is 16.7 Å². The van der Waals surface area contributed by atoms with Crippen LogP contribution in [0.25, 0.3) is 11.0 Å². The van der Waals surface area contributed by atoms with Crippen LogP contribution in [0.15, 0.2) is 12.1 Å². The molecule has 0 spiro atoms. The summed E-state index contributed by atoms with van der Waals surface area (Å²) in [6.45, 7) is 4.00. The third-order valence-corrected chi connectivity index (χ3v) is 3.17. The van der Waals surface area contributed by atoms with E-state index in [0.29, 0.717) is 17.6 Å². The maximum atomic E-state index is 13.5. The second kappa shape index (κ2) is 5.05. The fourth-order valence-electron chi connectivity index (χ4n) is 1.96. The molecule has 7 heteroatoms. The Morgan fingerprint density at radius 2 is 2.32 bits per heavy atom. The van der Waals surface area contributed by atoms with Gasteiger partial charge in [-0.3, -0.25) is 9.36 Å². The van der Waals surface area contributed by atoms with Crippen molar-refractivity contribution in [2.45, 2.75) is 19.9 Å². The van der Waals surface area contributed by atoms with Crippen molar-refractivity contribution in [3.63, 3.8) is 0 Å². The quantitative estimate of drug-likeness (QED) is 0.906. The Balaban J connectivity index is 2.56. The summed E-state index contributed by atoms with van der Waals surface area (Å²) in [4.78, 5) is 15.9. The van der Waals surface area contributed by atoms with Gasteiger partial charge >= 0.3 is 0 Å². The molecule has 102 valence electrons. The van der Waals surface area contributed by atoms with E-state index in [1.807, 2.05) is 6.92 Å². The highest BCUT2D eigenvalue weighted by atomic mass is 35.5. The molecular formula is C12H14ClFN4O. The van der Waals surface area contributed by atoms with Crippen LogP contribution in [0, 0.1) is 5.82 Å². The molecule has 1 amide bonds. The van der Waals surface area contributed by atoms with Crippen LogP contribution < -0.4 is 11.1 Å². The fourth-order valence-corrected chi connectivity index (χ4v) is 2.11. The van der Waals surface area contributed by atoms with E-state index in [2.05, 4.69) is 10.3 Å². The number of hydrogen-bond acceptors (Lipinski definition) is 3. The maximum Gasteiger partial charge on any atom is 0.242 e. The number of amides is 1. The Labute approximate surface area is 114 Å². The summed E-state index contributed by atoms with van der Waals surface area (Å²) >= 11 is 5.70. The van der Waals surface area contributed by atoms with Gasteiger partial charge in [0.15, 0.2) is 0 Å². The molecule has 1 atom stereocenters. The summed E-state index contributed by atoms with van der Waals surface area (Å²) in [5.41, 5.74) is 6.70. The lowest BCUT2D eigenvalue weighted by atomic mass is 10.2. The van der Waals surface area contributed by atoms with Crippen molar-refractivity contribution in [1.82, 2.24) is 14.9 Å². The maximum absolute atomic E-state index is 13.5. The van der Waals surface area contributed by atoms with Crippen LogP contribution in [0.3, 0.4) is 0 Å². The first-order valence-corrected chi connectivity index (χ1v) is 6.23. The monoisotopic (exact) mass is 284 g/mol. The number of carbonyl (C=O) groups excluding carboxylic acids is 1. The molecule has 0 aliphatic heterocycles. The second-order valence-corrected chi connectivity index (χ2v) is 4.57. The number of nitrogens with zero attached hydrogens (tertiary/aromatic N) is 2. The number of halogens is 2. The molecule has 0 bridgehead atoms. The number of benzene rings is 1. The van der Waals surface area contributed by atoms with E-state index in [0.717, 1.165) is 0 Å². The van der Waals surface area contributed by atoms with Gasteiger partial charge in [-0.25, -0.2) is 9.37 Å². The highest BCUT2D eigenvalue weighted by Gasteiger charge is 2.20. The zero-order chi connectivity index (χ0) is 14.2. The van der Waals surface area contributed by atoms with E-state index < -0.39 is 11.9 Å². The minimum absolute atomic E-state index is 0.0252. The Morgan fingerprint density at radius 3 is 2.95 bits per heavy atom. The van der Waals surface area contributed by atoms with Gasteiger partial charge in [-0.05, 0) is 19.9 Å². The highest BCUT2D eigenvalue weighted by Crippen LogP contribution is 2.27. The van der Waals surface area contributed by atoms with Gasteiger partial charge in [0.1, 0.15) is 11.9 Å². The molecule has 1 aromatic carbocycles. The molecule has 1 unspecified atom stereocenters. The summed E-state index contributed by atoms with van der Waals surface area (Å²) in [7, 11) is 0. The van der Waals surface area contributed by atoms with Crippen LogP contribution in [0.5, 0.6) is 0 Å². The van der Waals surface area contributed by atoms with Gasteiger partial charge in [-0.15, -0.1) is 0 Å². The Kier molecular flexibility index (Phi) is 3.61. The predicted molar refractivity (Wildman–Crippen MR) is 72.5 cm³/mol. The minimum atomic E-state index is -0.578. The number of carbonyl (C=O) groups is 1. The Hall–Kier alpha value is -1.82. The van der Waals surface area contributed by atoms with Crippen LogP contribution in [0.2, 0.25) is 5.02 Å². The molecule has 0 aliphatic carbocycles. The standard InChI is InChI=1S/C12H14ClFN4O/c1-3-16-11(19)6(2)18-10-5-8(14)7(13)4-9(10)17-12(18)15/h4-6H,3H2,1-2H3,(H2,15,17)(H,16,19). The molecule has 0 aliphatic rings. The molecule has 1 heterocycles. The van der Waals surface area contributed by atoms with Crippen LogP contribution in [-0.2, 0) is 4.79 Å². The van der Waals surface area contributed by atoms with Crippen molar-refractivity contribution in [1.29, 1.82) is 0 Å². The molecule has 0 fully saturated rings. The van der Waals surface area contributed by atoms with Gasteiger partial charge in [0, 0.05) is 12.6 Å². The number of imidazole rings is 1. The number of aromatic nitrogens is 2. The summed E-state index contributed by atoms with van der Waals surface area (Å²) in [5, 5.41) is 2.66. The predicted octanol–water partition coefficient (Wildman–Crippen LogP) is 2.11. The molecule has 3 N–H and O–H groups in total. The van der Waals surface area contributed by atoms with Gasteiger partial charge < -0.3 is 11.1 Å². The van der Waals surface area contributed by atoms with E-state index in [-0.39, 0.29) is 16.9 Å². The van der Waals surface area contributed by atoms with Gasteiger partial charge in [0.05, 0.1) is 16.1 Å². The van der Waals surface area contributed by atoms with Gasteiger partial charge in [-0.1, -0.05) is 11.6 Å². The molecule has 0 radical (unpaired) electrons. The van der Waals surface area contributed by atoms with Crippen molar-refractivity contribution in [2.75, 3.05) is 12.3 Å². The van der Waals surface area contributed by atoms with Gasteiger partial charge in [-0.2, -0.15) is 0 Å².